The van der Waals surface area contributed by atoms with E-state index in [0.29, 0.717) is 6.07 Å². The van der Waals surface area contributed by atoms with Gasteiger partial charge in [-0.05, 0) is 35.9 Å². The van der Waals surface area contributed by atoms with Gasteiger partial charge in [0, 0.05) is 18.2 Å². The van der Waals surface area contributed by atoms with Gasteiger partial charge in [0.25, 0.3) is 0 Å². The molecule has 194 valence electrons. The van der Waals surface area contributed by atoms with Crippen molar-refractivity contribution in [1.82, 2.24) is 10.3 Å². The first kappa shape index (κ1) is 28.4. The maximum Gasteiger partial charge on any atom is 0.433 e. The number of carbonyl (C=O) groups is 1. The van der Waals surface area contributed by atoms with Crippen LogP contribution >= 0.6 is 0 Å². The Morgan fingerprint density at radius 3 is 2.42 bits per heavy atom. The van der Waals surface area contributed by atoms with Crippen molar-refractivity contribution in [1.29, 1.82) is 0 Å². The van der Waals surface area contributed by atoms with Gasteiger partial charge in [0.2, 0.25) is 21.8 Å². The van der Waals surface area contributed by atoms with Crippen LogP contribution in [-0.2, 0) is 27.5 Å². The van der Waals surface area contributed by atoms with Gasteiger partial charge in [0.05, 0.1) is 17.5 Å². The molecule has 1 amide bonds. The third kappa shape index (κ3) is 8.77. The summed E-state index contributed by atoms with van der Waals surface area (Å²) in [7, 11) is -3.84. The summed E-state index contributed by atoms with van der Waals surface area (Å²) in [6.45, 7) is -2.22. The summed E-state index contributed by atoms with van der Waals surface area (Å²) in [5.74, 6) is -0.775. The summed E-state index contributed by atoms with van der Waals surface area (Å²) < 4.78 is 119. The minimum atomic E-state index is -4.95. The normalized spacial score (nSPS) is 12.3. The number of sulfonamides is 1. The van der Waals surface area contributed by atoms with Crippen LogP contribution in [0, 0.1) is 18.2 Å². The first-order chi connectivity index (χ1) is 16.5. The Balaban J connectivity index is 2.19. The molecular formula is C21H16F7N3O4S. The third-order valence-electron chi connectivity index (χ3n) is 4.03. The maximum atomic E-state index is 14.3. The number of anilines is 1. The summed E-state index contributed by atoms with van der Waals surface area (Å²) in [4.78, 5) is 15.1. The van der Waals surface area contributed by atoms with Gasteiger partial charge >= 0.3 is 12.4 Å². The Hall–Kier alpha value is -3.80. The van der Waals surface area contributed by atoms with E-state index in [1.54, 1.807) is 0 Å². The Morgan fingerprint density at radius 1 is 1.19 bits per heavy atom. The Bertz CT molecular complexity index is 1310. The van der Waals surface area contributed by atoms with Crippen molar-refractivity contribution in [3.05, 3.63) is 58.5 Å². The lowest BCUT2D eigenvalue weighted by atomic mass is 10.1. The first-order valence-corrected chi connectivity index (χ1v) is 11.4. The second kappa shape index (κ2) is 10.9. The Kier molecular flexibility index (Phi) is 8.57. The van der Waals surface area contributed by atoms with Crippen molar-refractivity contribution in [3.8, 4) is 18.2 Å². The van der Waals surface area contributed by atoms with E-state index in [4.69, 9.17) is 6.42 Å². The number of aromatic nitrogens is 1. The molecule has 0 aliphatic heterocycles. The van der Waals surface area contributed by atoms with Crippen LogP contribution in [0.25, 0.3) is 6.08 Å². The van der Waals surface area contributed by atoms with Crippen molar-refractivity contribution in [2.75, 3.05) is 17.6 Å². The molecule has 1 aromatic carbocycles. The lowest BCUT2D eigenvalue weighted by molar-refractivity contribution is -0.154. The van der Waals surface area contributed by atoms with Crippen molar-refractivity contribution in [2.24, 2.45) is 0 Å². The zero-order chi connectivity index (χ0) is 27.3. The zero-order valence-electron chi connectivity index (χ0n) is 18.1. The number of rotatable bonds is 8. The number of alkyl halides is 6. The van der Waals surface area contributed by atoms with Crippen molar-refractivity contribution in [2.45, 2.75) is 18.9 Å². The van der Waals surface area contributed by atoms with Crippen LogP contribution in [0.5, 0.6) is 5.88 Å². The van der Waals surface area contributed by atoms with E-state index in [2.05, 4.69) is 21.0 Å². The predicted molar refractivity (Wildman–Crippen MR) is 114 cm³/mol. The van der Waals surface area contributed by atoms with Gasteiger partial charge < -0.3 is 10.1 Å². The number of amides is 1. The molecule has 2 aromatic rings. The molecule has 0 atom stereocenters. The van der Waals surface area contributed by atoms with Crippen molar-refractivity contribution in [3.63, 3.8) is 0 Å². The second-order valence-corrected chi connectivity index (χ2v) is 8.81. The molecule has 0 aliphatic carbocycles. The zero-order valence-corrected chi connectivity index (χ0v) is 18.9. The topological polar surface area (TPSA) is 97.4 Å². The number of terminal acetylenes is 1. The van der Waals surface area contributed by atoms with Crippen LogP contribution in [0.3, 0.4) is 0 Å². The van der Waals surface area contributed by atoms with E-state index in [1.165, 1.54) is 6.07 Å². The summed E-state index contributed by atoms with van der Waals surface area (Å²) >= 11 is 0. The fourth-order valence-corrected chi connectivity index (χ4v) is 3.16. The highest BCUT2D eigenvalue weighted by atomic mass is 32.2. The fraction of sp³-hybridized carbons (Fsp3) is 0.238. The number of halogens is 7. The van der Waals surface area contributed by atoms with Gasteiger partial charge in [0.1, 0.15) is 11.5 Å². The quantitative estimate of drug-likeness (QED) is 0.302. The van der Waals surface area contributed by atoms with E-state index in [0.717, 1.165) is 30.5 Å². The summed E-state index contributed by atoms with van der Waals surface area (Å²) in [5.41, 5.74) is -2.33. The molecule has 1 heterocycles. The third-order valence-corrected chi connectivity index (χ3v) is 4.60. The van der Waals surface area contributed by atoms with Crippen LogP contribution in [0.4, 0.5) is 36.4 Å². The van der Waals surface area contributed by atoms with Gasteiger partial charge in [-0.25, -0.2) is 17.8 Å². The number of pyridine rings is 1. The molecule has 0 radical (unpaired) electrons. The number of ether oxygens (including phenoxy) is 1. The minimum Gasteiger partial charge on any atom is -0.468 e. The van der Waals surface area contributed by atoms with Crippen LogP contribution in [-0.4, -0.2) is 38.3 Å². The van der Waals surface area contributed by atoms with E-state index in [9.17, 15) is 43.9 Å². The first-order valence-electron chi connectivity index (χ1n) is 9.49. The highest BCUT2D eigenvalue weighted by molar-refractivity contribution is 7.92. The predicted octanol–water partition coefficient (Wildman–Crippen LogP) is 3.86. The van der Waals surface area contributed by atoms with Gasteiger partial charge in [-0.3, -0.25) is 9.52 Å². The van der Waals surface area contributed by atoms with E-state index in [-0.39, 0.29) is 23.2 Å². The van der Waals surface area contributed by atoms with Gasteiger partial charge in [-0.15, -0.1) is 6.42 Å². The fourth-order valence-electron chi connectivity index (χ4n) is 2.58. The molecular weight excluding hydrogens is 523 g/mol. The summed E-state index contributed by atoms with van der Waals surface area (Å²) in [6, 6.07) is 3.40. The van der Waals surface area contributed by atoms with E-state index >= 15 is 0 Å². The average molecular weight is 539 g/mol. The van der Waals surface area contributed by atoms with Gasteiger partial charge in [-0.2, -0.15) is 26.3 Å². The van der Waals surface area contributed by atoms with Crippen molar-refractivity contribution >= 4 is 27.7 Å². The van der Waals surface area contributed by atoms with Crippen LogP contribution in [0.1, 0.15) is 22.4 Å². The smallest absolute Gasteiger partial charge is 0.433 e. The van der Waals surface area contributed by atoms with Crippen molar-refractivity contribution < 1.29 is 48.7 Å². The standard InChI is InChI=1S/C21H16F7N3O4S/c1-3-13-8-12(9-15(22)18(13)31-36(2,33)34)10-29-17(32)7-5-14-4-6-16(21(26,27)28)30-19(14)35-11-20(23,24)25/h1,4-9,31H,10-11H2,2H3,(H,29,32). The molecule has 0 spiro atoms. The molecule has 0 bridgehead atoms. The lowest BCUT2D eigenvalue weighted by Crippen LogP contribution is -2.21. The summed E-state index contributed by atoms with van der Waals surface area (Å²) in [6.07, 6.45) is -2.09. The van der Waals surface area contributed by atoms with E-state index in [1.807, 2.05) is 4.72 Å². The number of benzene rings is 1. The molecule has 0 saturated heterocycles. The second-order valence-electron chi connectivity index (χ2n) is 7.06. The number of hydrogen-bond donors (Lipinski definition) is 2. The minimum absolute atomic E-state index is 0.131. The number of carbonyl (C=O) groups excluding carboxylic acids is 1. The van der Waals surface area contributed by atoms with Crippen LogP contribution in [0.2, 0.25) is 0 Å². The Morgan fingerprint density at radius 2 is 1.86 bits per heavy atom. The highest BCUT2D eigenvalue weighted by Crippen LogP contribution is 2.31. The van der Waals surface area contributed by atoms with Crippen LogP contribution in [0.15, 0.2) is 30.3 Å². The number of nitrogens with one attached hydrogen (secondary N) is 2. The largest absolute Gasteiger partial charge is 0.468 e. The lowest BCUT2D eigenvalue weighted by Gasteiger charge is -2.13. The van der Waals surface area contributed by atoms with Gasteiger partial charge in [-0.1, -0.05) is 5.92 Å². The monoisotopic (exact) mass is 539 g/mol. The highest BCUT2D eigenvalue weighted by Gasteiger charge is 2.34. The van der Waals surface area contributed by atoms with E-state index < -0.39 is 58.0 Å². The summed E-state index contributed by atoms with van der Waals surface area (Å²) in [5, 5.41) is 2.31. The maximum absolute atomic E-state index is 14.3. The molecule has 0 unspecified atom stereocenters. The van der Waals surface area contributed by atoms with Crippen LogP contribution < -0.4 is 14.8 Å². The molecule has 7 nitrogen and oxygen atoms in total. The molecule has 2 rings (SSSR count). The molecule has 0 saturated carbocycles. The number of nitrogens with zero attached hydrogens (tertiary/aromatic N) is 1. The molecule has 36 heavy (non-hydrogen) atoms. The number of hydrogen-bond acceptors (Lipinski definition) is 5. The molecule has 1 aromatic heterocycles. The molecule has 2 N–H and O–H groups in total. The molecule has 0 fully saturated rings. The molecule has 0 aliphatic rings. The van der Waals surface area contributed by atoms with Gasteiger partial charge in [0.15, 0.2) is 6.61 Å². The Labute approximate surface area is 200 Å². The SMILES string of the molecule is C#Cc1cc(CNC(=O)C=Cc2ccc(C(F)(F)F)nc2OCC(F)(F)F)cc(F)c1NS(C)(=O)=O. The molecule has 15 heteroatoms. The average Bonchev–Trinajstić information content (AvgIpc) is 2.74.